The lowest BCUT2D eigenvalue weighted by atomic mass is 10.1. The predicted octanol–water partition coefficient (Wildman–Crippen LogP) is 2.16. The van der Waals surface area contributed by atoms with Crippen LogP contribution in [0.3, 0.4) is 0 Å². The van der Waals surface area contributed by atoms with Crippen LogP contribution < -0.4 is 10.6 Å². The second-order valence-corrected chi connectivity index (χ2v) is 6.96. The van der Waals surface area contributed by atoms with Gasteiger partial charge in [0.05, 0.1) is 10.5 Å². The fourth-order valence-electron chi connectivity index (χ4n) is 3.82. The van der Waals surface area contributed by atoms with Crippen molar-refractivity contribution in [3.63, 3.8) is 0 Å². The molecule has 3 rings (SSSR count). The third kappa shape index (κ3) is 3.79. The molecular weight excluding hydrogens is 336 g/mol. The van der Waals surface area contributed by atoms with Gasteiger partial charge in [0.15, 0.2) is 0 Å². The van der Waals surface area contributed by atoms with Crippen molar-refractivity contribution >= 4 is 23.2 Å². The largest absolute Gasteiger partial charge is 0.380 e. The van der Waals surface area contributed by atoms with E-state index in [0.717, 1.165) is 32.1 Å². The summed E-state index contributed by atoms with van der Waals surface area (Å²) in [5.74, 6) is 0.0182. The summed E-state index contributed by atoms with van der Waals surface area (Å²) in [5.41, 5.74) is 0.663. The summed E-state index contributed by atoms with van der Waals surface area (Å²) in [7, 11) is 1.49. The molecule has 0 radical (unpaired) electrons. The Kier molecular flexibility index (Phi) is 5.39. The molecule has 26 heavy (non-hydrogen) atoms. The van der Waals surface area contributed by atoms with Crippen LogP contribution in [-0.4, -0.2) is 47.8 Å². The Labute approximate surface area is 152 Å². The number of nitrogens with zero attached hydrogens (tertiary/aromatic N) is 2. The first kappa shape index (κ1) is 18.2. The maximum Gasteiger partial charge on any atom is 0.270 e. The van der Waals surface area contributed by atoms with Crippen LogP contribution in [0.4, 0.5) is 11.4 Å². The van der Waals surface area contributed by atoms with E-state index >= 15 is 0 Å². The number of carbonyl (C=O) groups is 2. The van der Waals surface area contributed by atoms with Gasteiger partial charge >= 0.3 is 0 Å². The Hall–Kier alpha value is -2.64. The highest BCUT2D eigenvalue weighted by Gasteiger charge is 2.32. The molecule has 1 aromatic carbocycles. The van der Waals surface area contributed by atoms with Gasteiger partial charge in [-0.05, 0) is 25.3 Å². The van der Waals surface area contributed by atoms with Crippen molar-refractivity contribution in [3.8, 4) is 0 Å². The predicted molar refractivity (Wildman–Crippen MR) is 97.1 cm³/mol. The zero-order valence-electron chi connectivity index (χ0n) is 14.9. The van der Waals surface area contributed by atoms with Gasteiger partial charge in [0, 0.05) is 49.9 Å². The SMILES string of the molecule is CNC(=O)c1cc([N+](=O)[O-])ccc1NC1CCN(C(=O)C2CCCC2)C1. The van der Waals surface area contributed by atoms with Crippen LogP contribution in [0.15, 0.2) is 18.2 Å². The summed E-state index contributed by atoms with van der Waals surface area (Å²) in [6.45, 7) is 1.30. The first-order chi connectivity index (χ1) is 12.5. The minimum atomic E-state index is -0.520. The number of nitrogens with one attached hydrogen (secondary N) is 2. The van der Waals surface area contributed by atoms with Crippen molar-refractivity contribution in [2.45, 2.75) is 38.1 Å². The van der Waals surface area contributed by atoms with E-state index in [9.17, 15) is 19.7 Å². The number of hydrogen-bond donors (Lipinski definition) is 2. The van der Waals surface area contributed by atoms with Crippen molar-refractivity contribution in [3.05, 3.63) is 33.9 Å². The lowest BCUT2D eigenvalue weighted by Gasteiger charge is -2.21. The molecule has 8 heteroatoms. The van der Waals surface area contributed by atoms with E-state index in [0.29, 0.717) is 18.8 Å². The Morgan fingerprint density at radius 2 is 1.96 bits per heavy atom. The van der Waals surface area contributed by atoms with Crippen LogP contribution in [0.2, 0.25) is 0 Å². The van der Waals surface area contributed by atoms with Crippen LogP contribution in [0.25, 0.3) is 0 Å². The molecule has 2 aliphatic rings. The summed E-state index contributed by atoms with van der Waals surface area (Å²) < 4.78 is 0. The molecule has 2 fully saturated rings. The Balaban J connectivity index is 1.69. The molecule has 1 aliphatic heterocycles. The maximum atomic E-state index is 12.5. The van der Waals surface area contributed by atoms with E-state index in [4.69, 9.17) is 0 Å². The van der Waals surface area contributed by atoms with Crippen molar-refractivity contribution in [2.24, 2.45) is 5.92 Å². The minimum absolute atomic E-state index is 0.0326. The summed E-state index contributed by atoms with van der Waals surface area (Å²) in [5, 5.41) is 16.8. The first-order valence-corrected chi connectivity index (χ1v) is 9.05. The van der Waals surface area contributed by atoms with E-state index in [1.54, 1.807) is 6.07 Å². The molecule has 1 saturated heterocycles. The summed E-state index contributed by atoms with van der Waals surface area (Å²) in [6, 6.07) is 4.25. The smallest absolute Gasteiger partial charge is 0.270 e. The number of nitro benzene ring substituents is 1. The van der Waals surface area contributed by atoms with Gasteiger partial charge in [-0.15, -0.1) is 0 Å². The van der Waals surface area contributed by atoms with Gasteiger partial charge in [0.2, 0.25) is 5.91 Å². The second-order valence-electron chi connectivity index (χ2n) is 6.96. The van der Waals surface area contributed by atoms with Crippen molar-refractivity contribution in [1.82, 2.24) is 10.2 Å². The Morgan fingerprint density at radius 1 is 1.23 bits per heavy atom. The molecule has 0 spiro atoms. The summed E-state index contributed by atoms with van der Waals surface area (Å²) >= 11 is 0. The quantitative estimate of drug-likeness (QED) is 0.618. The Bertz CT molecular complexity index is 715. The molecule has 2 N–H and O–H groups in total. The molecule has 0 aromatic heterocycles. The zero-order chi connectivity index (χ0) is 18.7. The normalized spacial score (nSPS) is 20.2. The third-order valence-corrected chi connectivity index (χ3v) is 5.25. The number of anilines is 1. The molecular formula is C18H24N4O4. The first-order valence-electron chi connectivity index (χ1n) is 9.05. The molecule has 1 unspecified atom stereocenters. The van der Waals surface area contributed by atoms with Crippen LogP contribution in [-0.2, 0) is 4.79 Å². The van der Waals surface area contributed by atoms with Gasteiger partial charge < -0.3 is 15.5 Å². The monoisotopic (exact) mass is 360 g/mol. The van der Waals surface area contributed by atoms with Crippen LogP contribution in [0, 0.1) is 16.0 Å². The van der Waals surface area contributed by atoms with E-state index in [-0.39, 0.29) is 35.0 Å². The van der Waals surface area contributed by atoms with Gasteiger partial charge in [-0.25, -0.2) is 0 Å². The third-order valence-electron chi connectivity index (χ3n) is 5.25. The number of hydrogen-bond acceptors (Lipinski definition) is 5. The average Bonchev–Trinajstić information content (AvgIpc) is 3.32. The number of benzene rings is 1. The lowest BCUT2D eigenvalue weighted by Crippen LogP contribution is -2.35. The van der Waals surface area contributed by atoms with E-state index in [1.165, 1.54) is 19.2 Å². The number of nitro groups is 1. The number of amides is 2. The fraction of sp³-hybridized carbons (Fsp3) is 0.556. The number of carbonyl (C=O) groups excluding carboxylic acids is 2. The van der Waals surface area contributed by atoms with E-state index in [2.05, 4.69) is 10.6 Å². The highest BCUT2D eigenvalue weighted by Crippen LogP contribution is 2.29. The average molecular weight is 360 g/mol. The number of non-ortho nitro benzene ring substituents is 1. The second kappa shape index (κ2) is 7.72. The molecule has 1 aliphatic carbocycles. The van der Waals surface area contributed by atoms with E-state index in [1.807, 2.05) is 4.90 Å². The van der Waals surface area contributed by atoms with Crippen LogP contribution in [0.5, 0.6) is 0 Å². The van der Waals surface area contributed by atoms with Gasteiger partial charge in [-0.1, -0.05) is 12.8 Å². The molecule has 1 saturated carbocycles. The van der Waals surface area contributed by atoms with E-state index < -0.39 is 4.92 Å². The molecule has 8 nitrogen and oxygen atoms in total. The van der Waals surface area contributed by atoms with Crippen molar-refractivity contribution in [2.75, 3.05) is 25.5 Å². The molecule has 1 atom stereocenters. The van der Waals surface area contributed by atoms with Gasteiger partial charge in [0.1, 0.15) is 0 Å². The van der Waals surface area contributed by atoms with Crippen LogP contribution >= 0.6 is 0 Å². The highest BCUT2D eigenvalue weighted by atomic mass is 16.6. The molecule has 2 amide bonds. The van der Waals surface area contributed by atoms with Crippen LogP contribution in [0.1, 0.15) is 42.5 Å². The molecule has 1 aromatic rings. The van der Waals surface area contributed by atoms with Gasteiger partial charge in [-0.3, -0.25) is 19.7 Å². The summed E-state index contributed by atoms with van der Waals surface area (Å²) in [6.07, 6.45) is 5.02. The topological polar surface area (TPSA) is 105 Å². The fourth-order valence-corrected chi connectivity index (χ4v) is 3.82. The summed E-state index contributed by atoms with van der Waals surface area (Å²) in [4.78, 5) is 37.0. The van der Waals surface area contributed by atoms with Crippen molar-refractivity contribution in [1.29, 1.82) is 0 Å². The molecule has 0 bridgehead atoms. The zero-order valence-corrected chi connectivity index (χ0v) is 14.9. The standard InChI is InChI=1S/C18H24N4O4/c1-19-17(23)15-10-14(22(25)26)6-7-16(15)20-13-8-9-21(11-13)18(24)12-4-2-3-5-12/h6-7,10,12-13,20H,2-5,8-9,11H2,1H3,(H,19,23). The molecule has 1 heterocycles. The minimum Gasteiger partial charge on any atom is -0.380 e. The van der Waals surface area contributed by atoms with Gasteiger partial charge in [-0.2, -0.15) is 0 Å². The maximum absolute atomic E-state index is 12.5. The number of rotatable bonds is 5. The van der Waals surface area contributed by atoms with Gasteiger partial charge in [0.25, 0.3) is 11.6 Å². The van der Waals surface area contributed by atoms with Crippen molar-refractivity contribution < 1.29 is 14.5 Å². The Morgan fingerprint density at radius 3 is 2.62 bits per heavy atom. The molecule has 140 valence electrons. The lowest BCUT2D eigenvalue weighted by molar-refractivity contribution is -0.384. The highest BCUT2D eigenvalue weighted by molar-refractivity contribution is 6.00. The number of likely N-dealkylation sites (tertiary alicyclic amines) is 1.